The van der Waals surface area contributed by atoms with Gasteiger partial charge >= 0.3 is 5.69 Å². The minimum Gasteiger partial charge on any atom is -0.336 e. The average molecular weight is 302 g/mol. The number of hydrogen-bond donors (Lipinski definition) is 1. The molecule has 0 spiro atoms. The Morgan fingerprint density at radius 3 is 2.45 bits per heavy atom. The van der Waals surface area contributed by atoms with Gasteiger partial charge in [0.05, 0.1) is 0 Å². The van der Waals surface area contributed by atoms with Crippen molar-refractivity contribution < 1.29 is 4.39 Å². The quantitative estimate of drug-likeness (QED) is 0.781. The summed E-state index contributed by atoms with van der Waals surface area (Å²) in [6, 6.07) is 6.25. The van der Waals surface area contributed by atoms with Gasteiger partial charge in [-0.05, 0) is 24.1 Å². The number of fused-ring (bicyclic) bond motifs is 1. The Morgan fingerprint density at radius 2 is 1.77 bits per heavy atom. The molecule has 0 atom stereocenters. The maximum Gasteiger partial charge on any atom is 0.332 e. The van der Waals surface area contributed by atoms with Crippen molar-refractivity contribution in [2.75, 3.05) is 0 Å². The van der Waals surface area contributed by atoms with Crippen LogP contribution in [-0.4, -0.2) is 19.1 Å². The van der Waals surface area contributed by atoms with Crippen molar-refractivity contribution in [3.05, 3.63) is 62.3 Å². The molecule has 0 amide bonds. The number of aromatic amines is 1. The highest BCUT2D eigenvalue weighted by Gasteiger charge is 2.13. The molecule has 6 nitrogen and oxygen atoms in total. The maximum absolute atomic E-state index is 12.9. The summed E-state index contributed by atoms with van der Waals surface area (Å²) in [5.41, 5.74) is 0.845. The van der Waals surface area contributed by atoms with Crippen LogP contribution in [0.4, 0.5) is 4.39 Å². The molecule has 0 aliphatic carbocycles. The van der Waals surface area contributed by atoms with Gasteiger partial charge in [0, 0.05) is 20.5 Å². The number of aryl methyl sites for hydroxylation is 3. The Bertz CT molecular complexity index is 951. The summed E-state index contributed by atoms with van der Waals surface area (Å²) in [5.74, 6) is 0.351. The van der Waals surface area contributed by atoms with Gasteiger partial charge in [-0.2, -0.15) is 0 Å². The third-order valence-electron chi connectivity index (χ3n) is 3.71. The zero-order chi connectivity index (χ0) is 15.9. The molecule has 0 fully saturated rings. The van der Waals surface area contributed by atoms with E-state index in [4.69, 9.17) is 0 Å². The van der Waals surface area contributed by atoms with Crippen molar-refractivity contribution >= 4 is 11.2 Å². The Hall–Kier alpha value is -2.70. The molecule has 0 saturated carbocycles. The number of nitrogens with one attached hydrogen (secondary N) is 1. The highest BCUT2D eigenvalue weighted by Crippen LogP contribution is 2.09. The standard InChI is InChI=1S/C15H15FN4O2/c1-19-13-12(14(21)20(2)15(19)22)17-11(18-13)8-5-9-3-6-10(16)7-4-9/h3-4,6-7H,5,8H2,1-2H3,(H,17,18). The van der Waals surface area contributed by atoms with Crippen LogP contribution in [0.1, 0.15) is 11.4 Å². The van der Waals surface area contributed by atoms with Crippen LogP contribution in [0.5, 0.6) is 0 Å². The molecule has 22 heavy (non-hydrogen) atoms. The molecule has 0 radical (unpaired) electrons. The van der Waals surface area contributed by atoms with Gasteiger partial charge in [-0.25, -0.2) is 14.2 Å². The summed E-state index contributed by atoms with van der Waals surface area (Å²) in [6.45, 7) is 0. The fraction of sp³-hybridized carbons (Fsp3) is 0.267. The summed E-state index contributed by atoms with van der Waals surface area (Å²) in [7, 11) is 3.01. The molecule has 0 unspecified atom stereocenters. The van der Waals surface area contributed by atoms with Crippen LogP contribution in [0, 0.1) is 5.82 Å². The second kappa shape index (κ2) is 5.25. The zero-order valence-corrected chi connectivity index (χ0v) is 12.3. The lowest BCUT2D eigenvalue weighted by Gasteiger charge is -2.00. The predicted octanol–water partition coefficient (Wildman–Crippen LogP) is 0.885. The van der Waals surface area contributed by atoms with Gasteiger partial charge in [0.2, 0.25) is 0 Å². The minimum atomic E-state index is -0.408. The summed E-state index contributed by atoms with van der Waals surface area (Å²) in [4.78, 5) is 31.2. The second-order valence-corrected chi connectivity index (χ2v) is 5.21. The first kappa shape index (κ1) is 14.2. The van der Waals surface area contributed by atoms with Gasteiger partial charge in [-0.1, -0.05) is 12.1 Å². The highest BCUT2D eigenvalue weighted by atomic mass is 19.1. The van der Waals surface area contributed by atoms with E-state index in [2.05, 4.69) is 9.97 Å². The van der Waals surface area contributed by atoms with E-state index in [-0.39, 0.29) is 5.82 Å². The second-order valence-electron chi connectivity index (χ2n) is 5.21. The van der Waals surface area contributed by atoms with E-state index in [1.54, 1.807) is 19.2 Å². The third kappa shape index (κ3) is 2.34. The SMILES string of the molecule is Cn1c(=O)c2[nH]c(CCc3ccc(F)cc3)nc2n(C)c1=O. The van der Waals surface area contributed by atoms with E-state index >= 15 is 0 Å². The first-order valence-corrected chi connectivity index (χ1v) is 6.86. The highest BCUT2D eigenvalue weighted by molar-refractivity contribution is 5.69. The molecule has 0 aliphatic rings. The number of halogens is 1. The molecular weight excluding hydrogens is 287 g/mol. The van der Waals surface area contributed by atoms with Gasteiger partial charge in [-0.15, -0.1) is 0 Å². The van der Waals surface area contributed by atoms with Gasteiger partial charge < -0.3 is 4.98 Å². The van der Waals surface area contributed by atoms with E-state index in [9.17, 15) is 14.0 Å². The van der Waals surface area contributed by atoms with Gasteiger partial charge in [0.15, 0.2) is 5.65 Å². The van der Waals surface area contributed by atoms with Crippen molar-refractivity contribution in [2.45, 2.75) is 12.8 Å². The van der Waals surface area contributed by atoms with Crippen molar-refractivity contribution in [1.82, 2.24) is 19.1 Å². The van der Waals surface area contributed by atoms with Crippen LogP contribution >= 0.6 is 0 Å². The third-order valence-corrected chi connectivity index (χ3v) is 3.71. The zero-order valence-electron chi connectivity index (χ0n) is 12.3. The molecule has 2 aromatic heterocycles. The molecular formula is C15H15FN4O2. The monoisotopic (exact) mass is 302 g/mol. The molecule has 3 aromatic rings. The van der Waals surface area contributed by atoms with Gasteiger partial charge in [0.25, 0.3) is 5.56 Å². The Labute approximate surface area is 124 Å². The number of hydrogen-bond acceptors (Lipinski definition) is 3. The summed E-state index contributed by atoms with van der Waals surface area (Å²) in [6.07, 6.45) is 1.23. The molecule has 3 rings (SSSR count). The fourth-order valence-electron chi connectivity index (χ4n) is 2.41. The summed E-state index contributed by atoms with van der Waals surface area (Å²) < 4.78 is 15.3. The van der Waals surface area contributed by atoms with E-state index < -0.39 is 11.2 Å². The van der Waals surface area contributed by atoms with E-state index in [1.807, 2.05) is 0 Å². The lowest BCUT2D eigenvalue weighted by atomic mass is 10.1. The number of imidazole rings is 1. The van der Waals surface area contributed by atoms with Crippen LogP contribution in [0.15, 0.2) is 33.9 Å². The lowest BCUT2D eigenvalue weighted by molar-refractivity contribution is 0.627. The number of benzene rings is 1. The summed E-state index contributed by atoms with van der Waals surface area (Å²) in [5, 5.41) is 0. The maximum atomic E-state index is 12.9. The van der Waals surface area contributed by atoms with Crippen molar-refractivity contribution in [1.29, 1.82) is 0 Å². The minimum absolute atomic E-state index is 0.272. The first-order chi connectivity index (χ1) is 10.5. The molecule has 114 valence electrons. The van der Waals surface area contributed by atoms with Gasteiger partial charge in [-0.3, -0.25) is 13.9 Å². The van der Waals surface area contributed by atoms with Crippen LogP contribution < -0.4 is 11.2 Å². The van der Waals surface area contributed by atoms with Crippen molar-refractivity contribution in [3.63, 3.8) is 0 Å². The predicted molar refractivity (Wildman–Crippen MR) is 80.4 cm³/mol. The lowest BCUT2D eigenvalue weighted by Crippen LogP contribution is -2.36. The van der Waals surface area contributed by atoms with Crippen LogP contribution in [0.3, 0.4) is 0 Å². The smallest absolute Gasteiger partial charge is 0.332 e. The molecule has 2 heterocycles. The molecule has 7 heteroatoms. The number of aromatic nitrogens is 4. The summed E-state index contributed by atoms with van der Waals surface area (Å²) >= 11 is 0. The van der Waals surface area contributed by atoms with Crippen LogP contribution in [0.2, 0.25) is 0 Å². The van der Waals surface area contributed by atoms with E-state index in [0.717, 1.165) is 10.1 Å². The molecule has 1 N–H and O–H groups in total. The van der Waals surface area contributed by atoms with Crippen LogP contribution in [0.25, 0.3) is 11.2 Å². The largest absolute Gasteiger partial charge is 0.336 e. The topological polar surface area (TPSA) is 72.7 Å². The van der Waals surface area contributed by atoms with Crippen molar-refractivity contribution in [3.8, 4) is 0 Å². The molecule has 0 aliphatic heterocycles. The Morgan fingerprint density at radius 1 is 1.09 bits per heavy atom. The average Bonchev–Trinajstić information content (AvgIpc) is 2.95. The number of H-pyrrole nitrogens is 1. The van der Waals surface area contributed by atoms with Crippen molar-refractivity contribution in [2.24, 2.45) is 14.1 Å². The van der Waals surface area contributed by atoms with E-state index in [1.165, 1.54) is 23.7 Å². The number of rotatable bonds is 3. The number of nitrogens with zero attached hydrogens (tertiary/aromatic N) is 3. The van der Waals surface area contributed by atoms with Crippen LogP contribution in [-0.2, 0) is 26.9 Å². The normalized spacial score (nSPS) is 11.2. The Kier molecular flexibility index (Phi) is 3.40. The Balaban J connectivity index is 1.94. The molecule has 0 saturated heterocycles. The molecule has 0 bridgehead atoms. The van der Waals surface area contributed by atoms with Gasteiger partial charge in [0.1, 0.15) is 17.2 Å². The first-order valence-electron chi connectivity index (χ1n) is 6.86. The van der Waals surface area contributed by atoms with E-state index in [0.29, 0.717) is 29.8 Å². The fourth-order valence-corrected chi connectivity index (χ4v) is 2.41. The molecule has 1 aromatic carbocycles.